The van der Waals surface area contributed by atoms with E-state index in [0.29, 0.717) is 11.3 Å². The van der Waals surface area contributed by atoms with E-state index in [-0.39, 0.29) is 24.3 Å². The van der Waals surface area contributed by atoms with E-state index in [1.54, 1.807) is 19.2 Å². The standard InChI is InChI=1S/C12H18FNO.ClH/c1-3-4-5-12(14)10-8-9(15-2)6-7-11(10)13;/h6-8,12H,3-5,14H2,1-2H3;1H/t12-;/m1./s1. The van der Waals surface area contributed by atoms with Gasteiger partial charge in [-0.05, 0) is 24.6 Å². The van der Waals surface area contributed by atoms with Gasteiger partial charge in [0.25, 0.3) is 0 Å². The second-order valence-electron chi connectivity index (χ2n) is 3.64. The highest BCUT2D eigenvalue weighted by molar-refractivity contribution is 5.85. The van der Waals surface area contributed by atoms with Gasteiger partial charge in [0.2, 0.25) is 0 Å². The van der Waals surface area contributed by atoms with Crippen molar-refractivity contribution >= 4 is 12.4 Å². The third-order valence-corrected chi connectivity index (χ3v) is 2.47. The number of nitrogens with two attached hydrogens (primary N) is 1. The summed E-state index contributed by atoms with van der Waals surface area (Å²) in [5, 5.41) is 0. The molecule has 1 aromatic rings. The van der Waals surface area contributed by atoms with Gasteiger partial charge in [0.1, 0.15) is 11.6 Å². The molecule has 16 heavy (non-hydrogen) atoms. The molecule has 4 heteroatoms. The van der Waals surface area contributed by atoms with Gasteiger partial charge in [-0.2, -0.15) is 0 Å². The van der Waals surface area contributed by atoms with Crippen molar-refractivity contribution in [1.29, 1.82) is 0 Å². The van der Waals surface area contributed by atoms with Crippen molar-refractivity contribution in [2.75, 3.05) is 7.11 Å². The number of halogens is 2. The Labute approximate surface area is 102 Å². The van der Waals surface area contributed by atoms with Crippen LogP contribution in [0.4, 0.5) is 4.39 Å². The molecule has 92 valence electrons. The second-order valence-corrected chi connectivity index (χ2v) is 3.64. The minimum atomic E-state index is -0.251. The highest BCUT2D eigenvalue weighted by Gasteiger charge is 2.11. The zero-order valence-corrected chi connectivity index (χ0v) is 10.5. The molecule has 0 heterocycles. The minimum absolute atomic E-state index is 0. The molecule has 0 saturated heterocycles. The van der Waals surface area contributed by atoms with E-state index in [0.717, 1.165) is 19.3 Å². The average Bonchev–Trinajstić information content (AvgIpc) is 2.26. The number of hydrogen-bond acceptors (Lipinski definition) is 2. The summed E-state index contributed by atoms with van der Waals surface area (Å²) in [6.07, 6.45) is 2.89. The van der Waals surface area contributed by atoms with Crippen molar-refractivity contribution in [2.24, 2.45) is 5.73 Å². The van der Waals surface area contributed by atoms with E-state index in [1.165, 1.54) is 6.07 Å². The fraction of sp³-hybridized carbons (Fsp3) is 0.500. The van der Waals surface area contributed by atoms with Crippen LogP contribution in [0.2, 0.25) is 0 Å². The van der Waals surface area contributed by atoms with Crippen molar-refractivity contribution in [3.63, 3.8) is 0 Å². The zero-order valence-electron chi connectivity index (χ0n) is 9.70. The molecule has 0 bridgehead atoms. The fourth-order valence-electron chi connectivity index (χ4n) is 1.51. The molecule has 0 aliphatic heterocycles. The van der Waals surface area contributed by atoms with Crippen molar-refractivity contribution in [1.82, 2.24) is 0 Å². The van der Waals surface area contributed by atoms with Crippen LogP contribution in [0.5, 0.6) is 5.75 Å². The molecule has 0 saturated carbocycles. The van der Waals surface area contributed by atoms with E-state index >= 15 is 0 Å². The van der Waals surface area contributed by atoms with E-state index < -0.39 is 0 Å². The van der Waals surface area contributed by atoms with Gasteiger partial charge in [0.05, 0.1) is 7.11 Å². The van der Waals surface area contributed by atoms with E-state index in [2.05, 4.69) is 6.92 Å². The molecule has 2 N–H and O–H groups in total. The summed E-state index contributed by atoms with van der Waals surface area (Å²) < 4.78 is 18.5. The molecule has 0 amide bonds. The Morgan fingerprint density at radius 1 is 1.44 bits per heavy atom. The zero-order chi connectivity index (χ0) is 11.3. The van der Waals surface area contributed by atoms with Crippen LogP contribution in [0.3, 0.4) is 0 Å². The lowest BCUT2D eigenvalue weighted by molar-refractivity contribution is 0.411. The fourth-order valence-corrected chi connectivity index (χ4v) is 1.51. The van der Waals surface area contributed by atoms with Crippen LogP contribution in [-0.2, 0) is 0 Å². The van der Waals surface area contributed by atoms with Crippen LogP contribution in [-0.4, -0.2) is 7.11 Å². The Morgan fingerprint density at radius 2 is 2.12 bits per heavy atom. The summed E-state index contributed by atoms with van der Waals surface area (Å²) in [6.45, 7) is 2.09. The van der Waals surface area contributed by atoms with Crippen LogP contribution in [0.1, 0.15) is 37.8 Å². The largest absolute Gasteiger partial charge is 0.497 e. The number of rotatable bonds is 5. The molecule has 0 fully saturated rings. The molecular formula is C12H19ClFNO. The monoisotopic (exact) mass is 247 g/mol. The summed E-state index contributed by atoms with van der Waals surface area (Å²) in [5.74, 6) is 0.401. The lowest BCUT2D eigenvalue weighted by Crippen LogP contribution is -2.12. The quantitative estimate of drug-likeness (QED) is 0.865. The smallest absolute Gasteiger partial charge is 0.128 e. The third kappa shape index (κ3) is 3.99. The lowest BCUT2D eigenvalue weighted by Gasteiger charge is -2.13. The molecule has 0 aliphatic carbocycles. The van der Waals surface area contributed by atoms with Gasteiger partial charge >= 0.3 is 0 Å². The minimum Gasteiger partial charge on any atom is -0.497 e. The molecule has 0 aliphatic rings. The molecule has 0 aromatic heterocycles. The van der Waals surface area contributed by atoms with Gasteiger partial charge in [-0.25, -0.2) is 4.39 Å². The Hall–Kier alpha value is -0.800. The number of hydrogen-bond donors (Lipinski definition) is 1. The van der Waals surface area contributed by atoms with Crippen LogP contribution >= 0.6 is 12.4 Å². The third-order valence-electron chi connectivity index (χ3n) is 2.47. The van der Waals surface area contributed by atoms with Gasteiger partial charge in [0, 0.05) is 11.6 Å². The number of benzene rings is 1. The maximum absolute atomic E-state index is 13.4. The molecule has 0 unspecified atom stereocenters. The van der Waals surface area contributed by atoms with Gasteiger partial charge in [-0.3, -0.25) is 0 Å². The Bertz CT molecular complexity index is 320. The van der Waals surface area contributed by atoms with Gasteiger partial charge < -0.3 is 10.5 Å². The second kappa shape index (κ2) is 7.47. The predicted molar refractivity (Wildman–Crippen MR) is 66.7 cm³/mol. The molecule has 1 aromatic carbocycles. The molecular weight excluding hydrogens is 229 g/mol. The van der Waals surface area contributed by atoms with Crippen LogP contribution in [0.25, 0.3) is 0 Å². The van der Waals surface area contributed by atoms with Crippen molar-refractivity contribution < 1.29 is 9.13 Å². The van der Waals surface area contributed by atoms with Crippen molar-refractivity contribution in [3.05, 3.63) is 29.6 Å². The average molecular weight is 248 g/mol. The lowest BCUT2D eigenvalue weighted by atomic mass is 10.0. The van der Waals surface area contributed by atoms with Crippen LogP contribution in [0, 0.1) is 5.82 Å². The summed E-state index contributed by atoms with van der Waals surface area (Å²) in [5.41, 5.74) is 6.45. The Kier molecular flexibility index (Phi) is 7.10. The topological polar surface area (TPSA) is 35.2 Å². The number of unbranched alkanes of at least 4 members (excludes halogenated alkanes) is 1. The molecule has 2 nitrogen and oxygen atoms in total. The van der Waals surface area contributed by atoms with Crippen molar-refractivity contribution in [2.45, 2.75) is 32.2 Å². The first-order valence-corrected chi connectivity index (χ1v) is 5.28. The molecule has 0 radical (unpaired) electrons. The Morgan fingerprint density at radius 3 is 2.69 bits per heavy atom. The van der Waals surface area contributed by atoms with Crippen LogP contribution < -0.4 is 10.5 Å². The van der Waals surface area contributed by atoms with E-state index in [9.17, 15) is 4.39 Å². The van der Waals surface area contributed by atoms with Gasteiger partial charge in [0.15, 0.2) is 0 Å². The molecule has 1 rings (SSSR count). The van der Waals surface area contributed by atoms with Crippen molar-refractivity contribution in [3.8, 4) is 5.75 Å². The van der Waals surface area contributed by atoms with Gasteiger partial charge in [-0.1, -0.05) is 19.8 Å². The van der Waals surface area contributed by atoms with E-state index in [1.807, 2.05) is 0 Å². The van der Waals surface area contributed by atoms with E-state index in [4.69, 9.17) is 10.5 Å². The summed E-state index contributed by atoms with van der Waals surface area (Å²) in [7, 11) is 1.56. The number of methoxy groups -OCH3 is 1. The summed E-state index contributed by atoms with van der Waals surface area (Å²) in [6, 6.07) is 4.45. The molecule has 0 spiro atoms. The van der Waals surface area contributed by atoms with Crippen LogP contribution in [0.15, 0.2) is 18.2 Å². The normalized spacial score (nSPS) is 11.8. The first-order valence-electron chi connectivity index (χ1n) is 5.28. The first-order chi connectivity index (χ1) is 7.19. The highest BCUT2D eigenvalue weighted by Crippen LogP contribution is 2.24. The van der Waals surface area contributed by atoms with Gasteiger partial charge in [-0.15, -0.1) is 12.4 Å². The SMILES string of the molecule is CCCC[C@@H](N)c1cc(OC)ccc1F.Cl. The predicted octanol–water partition coefficient (Wildman–Crippen LogP) is 3.45. The number of ether oxygens (including phenoxy) is 1. The first kappa shape index (κ1) is 15.2. The highest BCUT2D eigenvalue weighted by atomic mass is 35.5. The summed E-state index contributed by atoms with van der Waals surface area (Å²) >= 11 is 0. The molecule has 1 atom stereocenters. The maximum Gasteiger partial charge on any atom is 0.128 e. The summed E-state index contributed by atoms with van der Waals surface area (Å²) in [4.78, 5) is 0. The maximum atomic E-state index is 13.4. The Balaban J connectivity index is 0.00000225.